The monoisotopic (exact) mass is 391 g/mol. The first-order chi connectivity index (χ1) is 10.2. The number of ether oxygens (including phenoxy) is 1. The number of aliphatic hydroxyl groups excluding tert-OH is 1. The van der Waals surface area contributed by atoms with Crippen molar-refractivity contribution in [2.45, 2.75) is 43.7 Å². The number of alkyl halides is 1. The lowest BCUT2D eigenvalue weighted by molar-refractivity contribution is -0.123. The van der Waals surface area contributed by atoms with Crippen molar-refractivity contribution in [1.29, 1.82) is 0 Å². The highest BCUT2D eigenvalue weighted by atomic mass is 79.9. The summed E-state index contributed by atoms with van der Waals surface area (Å²) in [7, 11) is 0. The van der Waals surface area contributed by atoms with E-state index >= 15 is 0 Å². The van der Waals surface area contributed by atoms with E-state index in [1.165, 1.54) is 0 Å². The molecule has 1 amide bonds. The quantitative estimate of drug-likeness (QED) is 0.701. The molecule has 22 heavy (non-hydrogen) atoms. The van der Waals surface area contributed by atoms with Gasteiger partial charge in [-0.3, -0.25) is 4.79 Å². The Kier molecular flexibility index (Phi) is 7.83. The van der Waals surface area contributed by atoms with Crippen LogP contribution in [0.1, 0.15) is 26.3 Å². The molecule has 0 aliphatic rings. The smallest absolute Gasteiger partial charge is 0.236 e. The van der Waals surface area contributed by atoms with Crippen molar-refractivity contribution in [3.63, 3.8) is 0 Å². The number of hydrogen-bond donors (Lipinski definition) is 2. The molecule has 1 aromatic rings. The minimum absolute atomic E-state index is 0.131. The Morgan fingerprint density at radius 2 is 1.95 bits per heavy atom. The van der Waals surface area contributed by atoms with Crippen LogP contribution in [-0.2, 0) is 16.0 Å². The van der Waals surface area contributed by atoms with E-state index in [-0.39, 0.29) is 30.8 Å². The number of nitrogens with one attached hydrogen (secondary N) is 1. The van der Waals surface area contributed by atoms with Crippen LogP contribution in [-0.4, -0.2) is 40.7 Å². The molecule has 0 aliphatic carbocycles. The van der Waals surface area contributed by atoms with Gasteiger partial charge in [-0.15, -0.1) is 0 Å². The van der Waals surface area contributed by atoms with Gasteiger partial charge in [0.05, 0.1) is 24.9 Å². The number of benzene rings is 1. The van der Waals surface area contributed by atoms with E-state index in [9.17, 15) is 9.90 Å². The molecule has 4 nitrogen and oxygen atoms in total. The molecular weight excluding hydrogens is 370 g/mol. The Balaban J connectivity index is 2.50. The average Bonchev–Trinajstić information content (AvgIpc) is 2.45. The molecule has 0 bridgehead atoms. The molecule has 0 saturated heterocycles. The molecule has 0 unspecified atom stereocenters. The largest absolute Gasteiger partial charge is 0.394 e. The van der Waals surface area contributed by atoms with Crippen molar-refractivity contribution in [2.24, 2.45) is 0 Å². The molecular formula is C16H23BrClNO3. The number of rotatable bonds is 7. The standard InChI is InChI=1S/C16H23BrClNO3/c1-16(2,3)22-10-14(17)15(21)19-13(9-20)8-11-4-6-12(18)7-5-11/h4-7,13-14,20H,8-10H2,1-3H3,(H,19,21)/t13-,14+/m0/s1. The Hall–Kier alpha value is -0.620. The number of carbonyl (C=O) groups is 1. The maximum Gasteiger partial charge on any atom is 0.236 e. The number of aliphatic hydroxyl groups is 1. The second-order valence-electron chi connectivity index (χ2n) is 6.11. The van der Waals surface area contributed by atoms with E-state index in [0.717, 1.165) is 5.56 Å². The lowest BCUT2D eigenvalue weighted by Crippen LogP contribution is -2.44. The summed E-state index contributed by atoms with van der Waals surface area (Å²) in [6.07, 6.45) is 0.541. The van der Waals surface area contributed by atoms with E-state index < -0.39 is 4.83 Å². The van der Waals surface area contributed by atoms with E-state index in [1.807, 2.05) is 32.9 Å². The normalized spacial score (nSPS) is 14.5. The molecule has 2 atom stereocenters. The molecule has 1 rings (SSSR count). The highest BCUT2D eigenvalue weighted by Gasteiger charge is 2.21. The van der Waals surface area contributed by atoms with Gasteiger partial charge in [0.1, 0.15) is 4.83 Å². The fourth-order valence-corrected chi connectivity index (χ4v) is 2.15. The fraction of sp³-hybridized carbons (Fsp3) is 0.562. The van der Waals surface area contributed by atoms with Crippen LogP contribution in [0.4, 0.5) is 0 Å². The molecule has 0 spiro atoms. The molecule has 0 saturated carbocycles. The van der Waals surface area contributed by atoms with Gasteiger partial charge < -0.3 is 15.2 Å². The summed E-state index contributed by atoms with van der Waals surface area (Å²) < 4.78 is 5.57. The van der Waals surface area contributed by atoms with Gasteiger partial charge in [-0.05, 0) is 44.9 Å². The number of amides is 1. The van der Waals surface area contributed by atoms with Crippen molar-refractivity contribution in [1.82, 2.24) is 5.32 Å². The van der Waals surface area contributed by atoms with Gasteiger partial charge in [0.15, 0.2) is 0 Å². The zero-order valence-electron chi connectivity index (χ0n) is 13.1. The zero-order valence-corrected chi connectivity index (χ0v) is 15.4. The summed E-state index contributed by atoms with van der Waals surface area (Å²) in [5.74, 6) is -0.197. The molecule has 0 heterocycles. The van der Waals surface area contributed by atoms with Gasteiger partial charge in [-0.25, -0.2) is 0 Å². The fourth-order valence-electron chi connectivity index (χ4n) is 1.76. The van der Waals surface area contributed by atoms with Crippen molar-refractivity contribution >= 4 is 33.4 Å². The van der Waals surface area contributed by atoms with Crippen molar-refractivity contribution in [3.05, 3.63) is 34.9 Å². The van der Waals surface area contributed by atoms with Gasteiger partial charge >= 0.3 is 0 Å². The molecule has 1 aromatic carbocycles. The Morgan fingerprint density at radius 3 is 2.45 bits per heavy atom. The molecule has 6 heteroatoms. The van der Waals surface area contributed by atoms with E-state index in [1.54, 1.807) is 12.1 Å². The first-order valence-corrected chi connectivity index (χ1v) is 8.44. The molecule has 0 fully saturated rings. The lowest BCUT2D eigenvalue weighted by atomic mass is 10.1. The highest BCUT2D eigenvalue weighted by Crippen LogP contribution is 2.13. The van der Waals surface area contributed by atoms with Crippen molar-refractivity contribution in [3.8, 4) is 0 Å². The molecule has 0 radical (unpaired) electrons. The third-order valence-corrected chi connectivity index (χ3v) is 3.84. The Labute approximate surface area is 145 Å². The molecule has 0 aliphatic heterocycles. The lowest BCUT2D eigenvalue weighted by Gasteiger charge is -2.23. The molecule has 0 aromatic heterocycles. The second-order valence-corrected chi connectivity index (χ2v) is 7.65. The van der Waals surface area contributed by atoms with Crippen LogP contribution in [0.3, 0.4) is 0 Å². The van der Waals surface area contributed by atoms with Gasteiger partial charge in [0, 0.05) is 5.02 Å². The topological polar surface area (TPSA) is 58.6 Å². The van der Waals surface area contributed by atoms with E-state index in [4.69, 9.17) is 16.3 Å². The molecule has 124 valence electrons. The number of carbonyl (C=O) groups excluding carboxylic acids is 1. The van der Waals surface area contributed by atoms with Gasteiger partial charge in [0.25, 0.3) is 0 Å². The number of hydrogen-bond acceptors (Lipinski definition) is 3. The van der Waals surface area contributed by atoms with Crippen LogP contribution in [0.5, 0.6) is 0 Å². The SMILES string of the molecule is CC(C)(C)OC[C@@H](Br)C(=O)N[C@H](CO)Cc1ccc(Cl)cc1. The zero-order chi connectivity index (χ0) is 16.8. The Morgan fingerprint density at radius 1 is 1.36 bits per heavy atom. The van der Waals surface area contributed by atoms with E-state index in [0.29, 0.717) is 11.4 Å². The van der Waals surface area contributed by atoms with Crippen molar-refractivity contribution in [2.75, 3.05) is 13.2 Å². The van der Waals surface area contributed by atoms with Crippen LogP contribution in [0.25, 0.3) is 0 Å². The second kappa shape index (κ2) is 8.87. The predicted octanol–water partition coefficient (Wildman–Crippen LogP) is 2.94. The summed E-state index contributed by atoms with van der Waals surface area (Å²) >= 11 is 9.15. The van der Waals surface area contributed by atoms with Crippen LogP contribution in [0.2, 0.25) is 5.02 Å². The van der Waals surface area contributed by atoms with Crippen molar-refractivity contribution < 1.29 is 14.6 Å². The van der Waals surface area contributed by atoms with Gasteiger partial charge in [0.2, 0.25) is 5.91 Å². The van der Waals surface area contributed by atoms with E-state index in [2.05, 4.69) is 21.2 Å². The van der Waals surface area contributed by atoms with Gasteiger partial charge in [-0.2, -0.15) is 0 Å². The maximum atomic E-state index is 12.1. The van der Waals surface area contributed by atoms with Crippen LogP contribution in [0.15, 0.2) is 24.3 Å². The summed E-state index contributed by atoms with van der Waals surface area (Å²) in [4.78, 5) is 11.7. The predicted molar refractivity (Wildman–Crippen MR) is 92.6 cm³/mol. The summed E-state index contributed by atoms with van der Waals surface area (Å²) in [6.45, 7) is 5.94. The summed E-state index contributed by atoms with van der Waals surface area (Å²) in [5, 5.41) is 12.9. The summed E-state index contributed by atoms with van der Waals surface area (Å²) in [5.41, 5.74) is 0.701. The first-order valence-electron chi connectivity index (χ1n) is 7.15. The number of halogens is 2. The summed E-state index contributed by atoms with van der Waals surface area (Å²) in [6, 6.07) is 7.00. The third kappa shape index (κ3) is 7.58. The van der Waals surface area contributed by atoms with Crippen LogP contribution >= 0.6 is 27.5 Å². The molecule has 2 N–H and O–H groups in total. The van der Waals surface area contributed by atoms with Crippen LogP contribution < -0.4 is 5.32 Å². The first kappa shape index (κ1) is 19.4. The maximum absolute atomic E-state index is 12.1. The minimum Gasteiger partial charge on any atom is -0.394 e. The average molecular weight is 393 g/mol. The van der Waals surface area contributed by atoms with Crippen LogP contribution in [0, 0.1) is 0 Å². The highest BCUT2D eigenvalue weighted by molar-refractivity contribution is 9.10. The third-order valence-electron chi connectivity index (χ3n) is 2.91. The minimum atomic E-state index is -0.453. The van der Waals surface area contributed by atoms with Gasteiger partial charge in [-0.1, -0.05) is 39.7 Å². The Bertz CT molecular complexity index is 473.